The van der Waals surface area contributed by atoms with Crippen LogP contribution in [-0.4, -0.2) is 17.9 Å². The van der Waals surface area contributed by atoms with Crippen molar-refractivity contribution in [2.75, 3.05) is 11.9 Å². The minimum Gasteiger partial charge on any atom is -0.296 e. The summed E-state index contributed by atoms with van der Waals surface area (Å²) in [6.45, 7) is 7.23. The van der Waals surface area contributed by atoms with E-state index < -0.39 is 0 Å². The molecule has 1 aromatic heterocycles. The predicted octanol–water partition coefficient (Wildman–Crippen LogP) is 1.93. The van der Waals surface area contributed by atoms with Crippen LogP contribution in [0.5, 0.6) is 0 Å². The van der Waals surface area contributed by atoms with Crippen molar-refractivity contribution in [2.24, 2.45) is 0 Å². The van der Waals surface area contributed by atoms with Gasteiger partial charge < -0.3 is 0 Å². The van der Waals surface area contributed by atoms with Gasteiger partial charge in [0.05, 0.1) is 0 Å². The van der Waals surface area contributed by atoms with Crippen molar-refractivity contribution in [3.8, 4) is 0 Å². The van der Waals surface area contributed by atoms with Crippen LogP contribution in [0.1, 0.15) is 12.5 Å². The first kappa shape index (κ1) is 10.4. The van der Waals surface area contributed by atoms with E-state index in [1.165, 1.54) is 4.90 Å². The summed E-state index contributed by atoms with van der Waals surface area (Å²) in [6.07, 6.45) is 1.67. The van der Waals surface area contributed by atoms with Crippen LogP contribution in [0.4, 0.5) is 5.82 Å². The van der Waals surface area contributed by atoms with Gasteiger partial charge in [-0.1, -0.05) is 12.6 Å². The van der Waals surface area contributed by atoms with E-state index in [2.05, 4.69) is 11.6 Å². The average molecular weight is 190 g/mol. The second-order valence-electron chi connectivity index (χ2n) is 3.29. The normalized spacial score (nSPS) is 9.64. The number of pyridine rings is 1. The summed E-state index contributed by atoms with van der Waals surface area (Å²) in [5, 5.41) is 0. The zero-order valence-corrected chi connectivity index (χ0v) is 8.74. The first-order valence-electron chi connectivity index (χ1n) is 4.39. The lowest BCUT2D eigenvalue weighted by Gasteiger charge is -2.17. The second-order valence-corrected chi connectivity index (χ2v) is 3.29. The van der Waals surface area contributed by atoms with E-state index in [0.29, 0.717) is 11.4 Å². The summed E-state index contributed by atoms with van der Waals surface area (Å²) in [4.78, 5) is 17.2. The Morgan fingerprint density at radius 2 is 2.21 bits per heavy atom. The van der Waals surface area contributed by atoms with Crippen molar-refractivity contribution in [3.05, 3.63) is 36.0 Å². The molecule has 3 nitrogen and oxygen atoms in total. The van der Waals surface area contributed by atoms with Gasteiger partial charge in [-0.2, -0.15) is 0 Å². The predicted molar refractivity (Wildman–Crippen MR) is 57.2 cm³/mol. The van der Waals surface area contributed by atoms with Gasteiger partial charge in [-0.15, -0.1) is 0 Å². The minimum atomic E-state index is -0.105. The summed E-state index contributed by atoms with van der Waals surface area (Å²) in [5.74, 6) is 0.576. The number of carbonyl (C=O) groups excluding carboxylic acids is 1. The van der Waals surface area contributed by atoms with Crippen LogP contribution < -0.4 is 4.90 Å². The maximum atomic E-state index is 11.6. The fraction of sp³-hybridized carbons (Fsp3) is 0.273. The van der Waals surface area contributed by atoms with Crippen molar-refractivity contribution in [2.45, 2.75) is 13.8 Å². The molecule has 0 unspecified atom stereocenters. The number of aromatic nitrogens is 1. The zero-order chi connectivity index (χ0) is 10.7. The van der Waals surface area contributed by atoms with E-state index in [1.54, 1.807) is 20.2 Å². The molecule has 1 aromatic rings. The first-order valence-corrected chi connectivity index (χ1v) is 4.39. The average Bonchev–Trinajstić information content (AvgIpc) is 2.16. The summed E-state index contributed by atoms with van der Waals surface area (Å²) < 4.78 is 0. The number of hydrogen-bond acceptors (Lipinski definition) is 2. The van der Waals surface area contributed by atoms with Gasteiger partial charge in [0.1, 0.15) is 5.82 Å². The van der Waals surface area contributed by atoms with Gasteiger partial charge in [-0.05, 0) is 25.5 Å². The Hall–Kier alpha value is -1.64. The fourth-order valence-electron chi connectivity index (χ4n) is 1.21. The lowest BCUT2D eigenvalue weighted by molar-refractivity contribution is -0.114. The quantitative estimate of drug-likeness (QED) is 0.667. The van der Waals surface area contributed by atoms with E-state index in [0.717, 1.165) is 5.56 Å². The third kappa shape index (κ3) is 1.99. The zero-order valence-electron chi connectivity index (χ0n) is 8.74. The highest BCUT2D eigenvalue weighted by Crippen LogP contribution is 2.15. The number of nitrogens with zero attached hydrogens (tertiary/aromatic N) is 2. The van der Waals surface area contributed by atoms with Crippen LogP contribution in [0.25, 0.3) is 0 Å². The van der Waals surface area contributed by atoms with Crippen LogP contribution in [0.3, 0.4) is 0 Å². The Bertz CT molecular complexity index is 371. The Balaban J connectivity index is 3.01. The van der Waals surface area contributed by atoms with E-state index in [9.17, 15) is 4.79 Å². The molecule has 0 aromatic carbocycles. The van der Waals surface area contributed by atoms with E-state index in [4.69, 9.17) is 0 Å². The van der Waals surface area contributed by atoms with Crippen LogP contribution in [0.15, 0.2) is 30.5 Å². The molecule has 0 atom stereocenters. The maximum Gasteiger partial charge on any atom is 0.254 e. The number of amides is 1. The molecule has 0 fully saturated rings. The molecular formula is C11H14N2O. The van der Waals surface area contributed by atoms with Gasteiger partial charge in [0.2, 0.25) is 0 Å². The molecule has 0 radical (unpaired) electrons. The standard InChI is InChI=1S/C11H14N2O/c1-8(2)11(14)13(4)10-9(3)6-5-7-12-10/h5-7H,1H2,2-4H3. The molecule has 0 aliphatic carbocycles. The molecule has 0 aliphatic rings. The SMILES string of the molecule is C=C(C)C(=O)N(C)c1ncccc1C. The molecule has 1 amide bonds. The smallest absolute Gasteiger partial charge is 0.254 e. The third-order valence-electron chi connectivity index (χ3n) is 1.97. The molecule has 0 spiro atoms. The molecular weight excluding hydrogens is 176 g/mol. The molecule has 0 N–H and O–H groups in total. The molecule has 3 heteroatoms. The summed E-state index contributed by atoms with van der Waals surface area (Å²) in [5.41, 5.74) is 1.49. The highest BCUT2D eigenvalue weighted by Gasteiger charge is 2.13. The number of carbonyl (C=O) groups is 1. The Morgan fingerprint density at radius 3 is 2.71 bits per heavy atom. The van der Waals surface area contributed by atoms with E-state index in [1.807, 2.05) is 19.1 Å². The van der Waals surface area contributed by atoms with Gasteiger partial charge in [-0.25, -0.2) is 4.98 Å². The molecule has 0 saturated carbocycles. The number of aryl methyl sites for hydroxylation is 1. The van der Waals surface area contributed by atoms with Crippen LogP contribution >= 0.6 is 0 Å². The van der Waals surface area contributed by atoms with Crippen LogP contribution in [-0.2, 0) is 4.79 Å². The highest BCUT2D eigenvalue weighted by atomic mass is 16.2. The maximum absolute atomic E-state index is 11.6. The van der Waals surface area contributed by atoms with Crippen molar-refractivity contribution < 1.29 is 4.79 Å². The Kier molecular flexibility index (Phi) is 3.02. The topological polar surface area (TPSA) is 33.2 Å². The van der Waals surface area contributed by atoms with Crippen LogP contribution in [0.2, 0.25) is 0 Å². The Morgan fingerprint density at radius 1 is 1.57 bits per heavy atom. The van der Waals surface area contributed by atoms with E-state index in [-0.39, 0.29) is 5.91 Å². The Labute approximate surface area is 84.1 Å². The minimum absolute atomic E-state index is 0.105. The number of anilines is 1. The molecule has 74 valence electrons. The number of hydrogen-bond donors (Lipinski definition) is 0. The summed E-state index contributed by atoms with van der Waals surface area (Å²) in [7, 11) is 1.70. The fourth-order valence-corrected chi connectivity index (χ4v) is 1.21. The lowest BCUT2D eigenvalue weighted by Crippen LogP contribution is -2.28. The van der Waals surface area contributed by atoms with Gasteiger partial charge in [0.25, 0.3) is 5.91 Å². The van der Waals surface area contributed by atoms with Gasteiger partial charge in [0, 0.05) is 18.8 Å². The van der Waals surface area contributed by atoms with Gasteiger partial charge in [-0.3, -0.25) is 9.69 Å². The molecule has 14 heavy (non-hydrogen) atoms. The van der Waals surface area contributed by atoms with Crippen molar-refractivity contribution >= 4 is 11.7 Å². The summed E-state index contributed by atoms with van der Waals surface area (Å²) in [6, 6.07) is 3.77. The molecule has 0 aliphatic heterocycles. The number of rotatable bonds is 2. The third-order valence-corrected chi connectivity index (χ3v) is 1.97. The first-order chi connectivity index (χ1) is 6.54. The lowest BCUT2D eigenvalue weighted by atomic mass is 10.2. The number of likely N-dealkylation sites (N-methyl/N-ethyl adjacent to an activating group) is 1. The van der Waals surface area contributed by atoms with E-state index >= 15 is 0 Å². The monoisotopic (exact) mass is 190 g/mol. The molecule has 1 heterocycles. The van der Waals surface area contributed by atoms with Crippen molar-refractivity contribution in [1.82, 2.24) is 4.98 Å². The molecule has 0 bridgehead atoms. The second kappa shape index (κ2) is 4.05. The van der Waals surface area contributed by atoms with Crippen molar-refractivity contribution in [1.29, 1.82) is 0 Å². The largest absolute Gasteiger partial charge is 0.296 e. The van der Waals surface area contributed by atoms with Gasteiger partial charge >= 0.3 is 0 Å². The highest BCUT2D eigenvalue weighted by molar-refractivity contribution is 6.04. The molecule has 0 saturated heterocycles. The van der Waals surface area contributed by atoms with Crippen LogP contribution in [0, 0.1) is 6.92 Å². The molecule has 1 rings (SSSR count). The van der Waals surface area contributed by atoms with Crippen molar-refractivity contribution in [3.63, 3.8) is 0 Å². The summed E-state index contributed by atoms with van der Waals surface area (Å²) >= 11 is 0. The van der Waals surface area contributed by atoms with Gasteiger partial charge in [0.15, 0.2) is 0 Å².